The van der Waals surface area contributed by atoms with Crippen molar-refractivity contribution in [1.29, 1.82) is 0 Å². The van der Waals surface area contributed by atoms with Crippen molar-refractivity contribution in [2.24, 2.45) is 0 Å². The van der Waals surface area contributed by atoms with Gasteiger partial charge in [-0.15, -0.1) is 11.8 Å². The van der Waals surface area contributed by atoms with Gasteiger partial charge in [-0.1, -0.05) is 0 Å². The second kappa shape index (κ2) is 6.48. The Morgan fingerprint density at radius 2 is 1.93 bits per heavy atom. The Morgan fingerprint density at radius 3 is 2.47 bits per heavy atom. The molecular formula is C11H16N2OS. The van der Waals surface area contributed by atoms with E-state index in [1.54, 1.807) is 11.8 Å². The van der Waals surface area contributed by atoms with Crippen molar-refractivity contribution in [3.63, 3.8) is 0 Å². The summed E-state index contributed by atoms with van der Waals surface area (Å²) in [6.45, 7) is 1.44. The zero-order valence-electron chi connectivity index (χ0n) is 9.04. The van der Waals surface area contributed by atoms with Crippen LogP contribution in [0.5, 0.6) is 0 Å². The van der Waals surface area contributed by atoms with Gasteiger partial charge in [0.2, 0.25) is 0 Å². The topological polar surface area (TPSA) is 41.1 Å². The third kappa shape index (κ3) is 3.93. The predicted octanol–water partition coefficient (Wildman–Crippen LogP) is 1.36. The van der Waals surface area contributed by atoms with Crippen molar-refractivity contribution in [3.8, 4) is 0 Å². The molecule has 0 fully saturated rings. The van der Waals surface area contributed by atoms with Gasteiger partial charge in [0, 0.05) is 23.5 Å². The van der Waals surface area contributed by atoms with Crippen LogP contribution in [0.1, 0.15) is 10.4 Å². The van der Waals surface area contributed by atoms with E-state index in [1.165, 1.54) is 4.90 Å². The fourth-order valence-corrected chi connectivity index (χ4v) is 1.55. The Bertz CT molecular complexity index is 311. The number of rotatable bonds is 5. The standard InChI is InChI=1S/C11H16N2OS/c1-12-7-8-13-11(14)9-3-5-10(15-2)6-4-9/h3-6,12H,7-8H2,1-2H3,(H,13,14). The first-order valence-electron chi connectivity index (χ1n) is 4.84. The molecule has 1 aromatic rings. The van der Waals surface area contributed by atoms with Crippen LogP contribution in [0.2, 0.25) is 0 Å². The smallest absolute Gasteiger partial charge is 0.251 e. The van der Waals surface area contributed by atoms with Crippen molar-refractivity contribution in [1.82, 2.24) is 10.6 Å². The molecule has 0 aromatic heterocycles. The first-order valence-corrected chi connectivity index (χ1v) is 6.07. The van der Waals surface area contributed by atoms with E-state index in [-0.39, 0.29) is 5.91 Å². The average molecular weight is 224 g/mol. The molecule has 1 aromatic carbocycles. The van der Waals surface area contributed by atoms with Crippen LogP contribution in [0, 0.1) is 0 Å². The molecule has 0 spiro atoms. The zero-order valence-corrected chi connectivity index (χ0v) is 9.86. The number of amides is 1. The molecule has 0 saturated heterocycles. The highest BCUT2D eigenvalue weighted by Gasteiger charge is 2.03. The van der Waals surface area contributed by atoms with Crippen LogP contribution in [-0.2, 0) is 0 Å². The summed E-state index contributed by atoms with van der Waals surface area (Å²) in [4.78, 5) is 12.7. The monoisotopic (exact) mass is 224 g/mol. The minimum atomic E-state index is -0.0158. The summed E-state index contributed by atoms with van der Waals surface area (Å²) < 4.78 is 0. The molecule has 0 aliphatic carbocycles. The number of thioether (sulfide) groups is 1. The van der Waals surface area contributed by atoms with Crippen LogP contribution in [0.25, 0.3) is 0 Å². The lowest BCUT2D eigenvalue weighted by atomic mass is 10.2. The van der Waals surface area contributed by atoms with E-state index in [2.05, 4.69) is 10.6 Å². The molecule has 0 heterocycles. The minimum Gasteiger partial charge on any atom is -0.351 e. The highest BCUT2D eigenvalue weighted by molar-refractivity contribution is 7.98. The van der Waals surface area contributed by atoms with Crippen LogP contribution in [0.15, 0.2) is 29.2 Å². The van der Waals surface area contributed by atoms with Gasteiger partial charge in [-0.3, -0.25) is 4.79 Å². The number of carbonyl (C=O) groups is 1. The summed E-state index contributed by atoms with van der Waals surface area (Å²) in [5, 5.41) is 5.80. The second-order valence-electron chi connectivity index (χ2n) is 3.09. The number of benzene rings is 1. The van der Waals surface area contributed by atoms with Gasteiger partial charge < -0.3 is 10.6 Å². The normalized spacial score (nSPS) is 10.0. The zero-order chi connectivity index (χ0) is 11.1. The van der Waals surface area contributed by atoms with E-state index in [4.69, 9.17) is 0 Å². The third-order valence-corrected chi connectivity index (χ3v) is 2.76. The maximum atomic E-state index is 11.6. The molecule has 0 aliphatic rings. The largest absolute Gasteiger partial charge is 0.351 e. The lowest BCUT2D eigenvalue weighted by Crippen LogP contribution is -2.30. The quantitative estimate of drug-likeness (QED) is 0.586. The number of nitrogens with one attached hydrogen (secondary N) is 2. The molecular weight excluding hydrogens is 208 g/mol. The molecule has 0 unspecified atom stereocenters. The second-order valence-corrected chi connectivity index (χ2v) is 3.97. The fourth-order valence-electron chi connectivity index (χ4n) is 1.15. The van der Waals surface area contributed by atoms with Crippen LogP contribution in [-0.4, -0.2) is 32.3 Å². The van der Waals surface area contributed by atoms with E-state index in [9.17, 15) is 4.79 Å². The Hall–Kier alpha value is -1.00. The summed E-state index contributed by atoms with van der Waals surface area (Å²) in [5.74, 6) is -0.0158. The van der Waals surface area contributed by atoms with Gasteiger partial charge in [0.25, 0.3) is 5.91 Å². The molecule has 0 radical (unpaired) electrons. The van der Waals surface area contributed by atoms with Gasteiger partial charge in [-0.2, -0.15) is 0 Å². The average Bonchev–Trinajstić information content (AvgIpc) is 2.29. The first-order chi connectivity index (χ1) is 7.27. The first kappa shape index (κ1) is 12.1. The molecule has 4 heteroatoms. The van der Waals surface area contributed by atoms with Crippen LogP contribution in [0.3, 0.4) is 0 Å². The summed E-state index contributed by atoms with van der Waals surface area (Å²) in [5.41, 5.74) is 0.712. The molecule has 0 saturated carbocycles. The Kier molecular flexibility index (Phi) is 5.21. The molecule has 3 nitrogen and oxygen atoms in total. The predicted molar refractivity (Wildman–Crippen MR) is 64.5 cm³/mol. The number of carbonyl (C=O) groups excluding carboxylic acids is 1. The molecule has 2 N–H and O–H groups in total. The number of hydrogen-bond donors (Lipinski definition) is 2. The number of likely N-dealkylation sites (N-methyl/N-ethyl adjacent to an activating group) is 1. The Labute approximate surface area is 94.6 Å². The molecule has 1 amide bonds. The molecule has 1 rings (SSSR count). The molecule has 15 heavy (non-hydrogen) atoms. The summed E-state index contributed by atoms with van der Waals surface area (Å²) >= 11 is 1.67. The minimum absolute atomic E-state index is 0.0158. The third-order valence-electron chi connectivity index (χ3n) is 2.01. The van der Waals surface area contributed by atoms with Gasteiger partial charge in [-0.25, -0.2) is 0 Å². The molecule has 82 valence electrons. The maximum absolute atomic E-state index is 11.6. The van der Waals surface area contributed by atoms with E-state index in [0.29, 0.717) is 12.1 Å². The maximum Gasteiger partial charge on any atom is 0.251 e. The van der Waals surface area contributed by atoms with Gasteiger partial charge in [0.15, 0.2) is 0 Å². The van der Waals surface area contributed by atoms with Gasteiger partial charge in [0.1, 0.15) is 0 Å². The highest BCUT2D eigenvalue weighted by atomic mass is 32.2. The van der Waals surface area contributed by atoms with E-state index in [0.717, 1.165) is 6.54 Å². The summed E-state index contributed by atoms with van der Waals surface area (Å²) in [6.07, 6.45) is 2.02. The molecule has 0 aliphatic heterocycles. The van der Waals surface area contributed by atoms with Crippen LogP contribution >= 0.6 is 11.8 Å². The highest BCUT2D eigenvalue weighted by Crippen LogP contribution is 2.14. The van der Waals surface area contributed by atoms with Crippen molar-refractivity contribution < 1.29 is 4.79 Å². The fraction of sp³-hybridized carbons (Fsp3) is 0.364. The SMILES string of the molecule is CNCCNC(=O)c1ccc(SC)cc1. The molecule has 0 atom stereocenters. The van der Waals surface area contributed by atoms with Gasteiger partial charge in [-0.05, 0) is 37.6 Å². The van der Waals surface area contributed by atoms with Crippen molar-refractivity contribution >= 4 is 17.7 Å². The lowest BCUT2D eigenvalue weighted by Gasteiger charge is -2.04. The lowest BCUT2D eigenvalue weighted by molar-refractivity contribution is 0.0954. The summed E-state index contributed by atoms with van der Waals surface area (Å²) in [7, 11) is 1.86. The van der Waals surface area contributed by atoms with Gasteiger partial charge in [0.05, 0.1) is 0 Å². The van der Waals surface area contributed by atoms with E-state index < -0.39 is 0 Å². The van der Waals surface area contributed by atoms with Crippen molar-refractivity contribution in [2.75, 3.05) is 26.4 Å². The van der Waals surface area contributed by atoms with Crippen LogP contribution < -0.4 is 10.6 Å². The van der Waals surface area contributed by atoms with E-state index >= 15 is 0 Å². The molecule has 0 bridgehead atoms. The number of hydrogen-bond acceptors (Lipinski definition) is 3. The van der Waals surface area contributed by atoms with Crippen molar-refractivity contribution in [3.05, 3.63) is 29.8 Å². The van der Waals surface area contributed by atoms with Crippen molar-refractivity contribution in [2.45, 2.75) is 4.90 Å². The van der Waals surface area contributed by atoms with E-state index in [1.807, 2.05) is 37.6 Å². The summed E-state index contributed by atoms with van der Waals surface area (Å²) in [6, 6.07) is 7.61. The van der Waals surface area contributed by atoms with Crippen LogP contribution in [0.4, 0.5) is 0 Å². The Balaban J connectivity index is 2.50. The Morgan fingerprint density at radius 1 is 1.27 bits per heavy atom. The van der Waals surface area contributed by atoms with Gasteiger partial charge >= 0.3 is 0 Å².